The summed E-state index contributed by atoms with van der Waals surface area (Å²) in [5.41, 5.74) is 4.52. The molecule has 1 aliphatic rings. The van der Waals surface area contributed by atoms with Gasteiger partial charge in [0.1, 0.15) is 18.3 Å². The number of carboxylic acids is 1. The van der Waals surface area contributed by atoms with Crippen LogP contribution < -0.4 is 0 Å². The molecule has 5 unspecified atom stereocenters. The highest BCUT2D eigenvalue weighted by Gasteiger charge is 2.48. The van der Waals surface area contributed by atoms with Crippen molar-refractivity contribution in [2.75, 3.05) is 6.61 Å². The van der Waals surface area contributed by atoms with Gasteiger partial charge in [-0.15, -0.1) is 0 Å². The fraction of sp³-hybridized carbons (Fsp3) is 0.500. The first-order valence-electron chi connectivity index (χ1n) is 23.0. The van der Waals surface area contributed by atoms with Crippen LogP contribution in [0.4, 0.5) is 0 Å². The second-order valence-electron chi connectivity index (χ2n) is 16.4. The summed E-state index contributed by atoms with van der Waals surface area (Å²) in [6, 6.07) is 0. The van der Waals surface area contributed by atoms with E-state index >= 15 is 0 Å². The number of carbonyl (C=O) groups is 3. The third kappa shape index (κ3) is 27.3. The third-order valence-corrected chi connectivity index (χ3v) is 10.3. The molecule has 4 N–H and O–H groups in total. The standard InChI is InChI=1S/C54H78O10/c1-8-9-10-11-12-13-14-15-16-17-18-19-20-21-22-39-48(56)63-51-50(58)49(57)47(40-55)62-54(51)64-53(61)46(7)38-28-36-44(5)34-26-32-42(3)30-24-23-29-41(2)31-25-33-43(4)35-27-37-45(6)52(59)60/h13-14,23-38,47,49-51,54-55,57-58H,8-12,15-22,39-40H2,1-7H3,(H,59,60). The van der Waals surface area contributed by atoms with Crippen LogP contribution in [0.15, 0.2) is 143 Å². The number of allylic oxidation sites excluding steroid dienone is 22. The Bertz CT molecular complexity index is 1780. The largest absolute Gasteiger partial charge is 0.478 e. The zero-order chi connectivity index (χ0) is 47.5. The van der Waals surface area contributed by atoms with Crippen LogP contribution in [0.3, 0.4) is 0 Å². The summed E-state index contributed by atoms with van der Waals surface area (Å²) in [6.45, 7) is 12.5. The number of aliphatic hydroxyl groups excluding tert-OH is 3. The van der Waals surface area contributed by atoms with Crippen molar-refractivity contribution in [3.63, 3.8) is 0 Å². The Morgan fingerprint density at radius 2 is 0.984 bits per heavy atom. The van der Waals surface area contributed by atoms with E-state index in [0.717, 1.165) is 54.4 Å². The molecule has 354 valence electrons. The Labute approximate surface area is 384 Å². The maximum Gasteiger partial charge on any atom is 0.336 e. The van der Waals surface area contributed by atoms with Gasteiger partial charge in [0.25, 0.3) is 0 Å². The van der Waals surface area contributed by atoms with Crippen molar-refractivity contribution in [3.8, 4) is 0 Å². The summed E-state index contributed by atoms with van der Waals surface area (Å²) in [5.74, 6) is -2.30. The number of ether oxygens (including phenoxy) is 3. The summed E-state index contributed by atoms with van der Waals surface area (Å²) in [6.07, 6.45) is 41.7. The Morgan fingerprint density at radius 3 is 1.47 bits per heavy atom. The van der Waals surface area contributed by atoms with Crippen molar-refractivity contribution in [3.05, 3.63) is 143 Å². The molecule has 10 heteroatoms. The highest BCUT2D eigenvalue weighted by Crippen LogP contribution is 2.26. The van der Waals surface area contributed by atoms with E-state index in [1.807, 2.05) is 101 Å². The minimum Gasteiger partial charge on any atom is -0.478 e. The van der Waals surface area contributed by atoms with Crippen molar-refractivity contribution < 1.29 is 49.0 Å². The monoisotopic (exact) mass is 887 g/mol. The topological polar surface area (TPSA) is 160 Å². The first-order valence-corrected chi connectivity index (χ1v) is 23.0. The van der Waals surface area contributed by atoms with Gasteiger partial charge in [-0.25, -0.2) is 9.59 Å². The fourth-order valence-corrected chi connectivity index (χ4v) is 6.19. The van der Waals surface area contributed by atoms with Crippen LogP contribution in [0.5, 0.6) is 0 Å². The van der Waals surface area contributed by atoms with Crippen LogP contribution in [-0.4, -0.2) is 75.6 Å². The van der Waals surface area contributed by atoms with E-state index < -0.39 is 55.2 Å². The number of unbranched alkanes of at least 4 members (excludes halogenated alkanes) is 11. The molecule has 1 heterocycles. The van der Waals surface area contributed by atoms with E-state index in [1.54, 1.807) is 38.2 Å². The van der Waals surface area contributed by atoms with E-state index in [9.17, 15) is 29.7 Å². The minimum atomic E-state index is -1.63. The maximum absolute atomic E-state index is 13.0. The van der Waals surface area contributed by atoms with Crippen LogP contribution >= 0.6 is 0 Å². The molecular weight excluding hydrogens is 809 g/mol. The molecule has 10 nitrogen and oxygen atoms in total. The summed E-state index contributed by atoms with van der Waals surface area (Å²) in [5, 5.41) is 39.9. The molecule has 1 aliphatic heterocycles. The van der Waals surface area contributed by atoms with Gasteiger partial charge in [0.05, 0.1) is 6.61 Å². The van der Waals surface area contributed by atoms with Crippen LogP contribution in [-0.2, 0) is 28.6 Å². The van der Waals surface area contributed by atoms with Gasteiger partial charge in [0.2, 0.25) is 6.29 Å². The lowest BCUT2D eigenvalue weighted by atomic mass is 9.99. The Balaban J connectivity index is 2.62. The lowest BCUT2D eigenvalue weighted by molar-refractivity contribution is -0.295. The molecule has 0 saturated carbocycles. The van der Waals surface area contributed by atoms with Crippen LogP contribution in [0.25, 0.3) is 0 Å². The van der Waals surface area contributed by atoms with E-state index in [4.69, 9.17) is 19.3 Å². The molecule has 1 saturated heterocycles. The average molecular weight is 887 g/mol. The Kier molecular flexibility index (Phi) is 31.7. The number of aliphatic carboxylic acids is 1. The number of hydrogen-bond acceptors (Lipinski definition) is 9. The normalized spacial score (nSPS) is 21.2. The van der Waals surface area contributed by atoms with Crippen LogP contribution in [0.1, 0.15) is 138 Å². The second-order valence-corrected chi connectivity index (χ2v) is 16.4. The Hall–Kier alpha value is -4.87. The lowest BCUT2D eigenvalue weighted by Gasteiger charge is -2.40. The van der Waals surface area contributed by atoms with E-state index in [0.29, 0.717) is 6.42 Å². The van der Waals surface area contributed by atoms with Crippen LogP contribution in [0, 0.1) is 0 Å². The molecule has 0 amide bonds. The van der Waals surface area contributed by atoms with Crippen LogP contribution in [0.2, 0.25) is 0 Å². The van der Waals surface area contributed by atoms with E-state index in [-0.39, 0.29) is 17.6 Å². The smallest absolute Gasteiger partial charge is 0.336 e. The summed E-state index contributed by atoms with van der Waals surface area (Å²) in [4.78, 5) is 36.7. The molecule has 0 radical (unpaired) electrons. The zero-order valence-corrected chi connectivity index (χ0v) is 39.6. The highest BCUT2D eigenvalue weighted by atomic mass is 16.7. The molecule has 0 bridgehead atoms. The fourth-order valence-electron chi connectivity index (χ4n) is 6.19. The number of hydrogen-bond donors (Lipinski definition) is 4. The number of aliphatic hydroxyl groups is 3. The van der Waals surface area contributed by atoms with Crippen molar-refractivity contribution in [1.29, 1.82) is 0 Å². The SMILES string of the molecule is CCCCCCC=CCCCCCCCCCC(=O)OC1C(OC(=O)C(C)=CC=CC(C)=CC=CC(C)=CC=CC=C(C)C=CC=C(C)C=CC=C(C)C(=O)O)OC(CO)C(O)C1O. The van der Waals surface area contributed by atoms with Gasteiger partial charge in [-0.1, -0.05) is 190 Å². The first-order chi connectivity index (χ1) is 30.7. The van der Waals surface area contributed by atoms with Gasteiger partial charge in [0.15, 0.2) is 6.10 Å². The number of esters is 2. The Morgan fingerprint density at radius 1 is 0.547 bits per heavy atom. The first kappa shape index (κ1) is 57.1. The van der Waals surface area contributed by atoms with Gasteiger partial charge in [-0.05, 0) is 73.6 Å². The molecule has 0 aromatic heterocycles. The molecule has 0 aromatic rings. The van der Waals surface area contributed by atoms with Crippen molar-refractivity contribution >= 4 is 17.9 Å². The second kappa shape index (κ2) is 35.5. The van der Waals surface area contributed by atoms with Gasteiger partial charge in [0, 0.05) is 17.6 Å². The van der Waals surface area contributed by atoms with Gasteiger partial charge >= 0.3 is 17.9 Å². The minimum absolute atomic E-state index is 0.110. The summed E-state index contributed by atoms with van der Waals surface area (Å²) < 4.78 is 16.6. The molecule has 64 heavy (non-hydrogen) atoms. The predicted octanol–water partition coefficient (Wildman–Crippen LogP) is 11.5. The number of rotatable bonds is 30. The van der Waals surface area contributed by atoms with Gasteiger partial charge in [-0.3, -0.25) is 4.79 Å². The average Bonchev–Trinajstić information content (AvgIpc) is 3.26. The lowest BCUT2D eigenvalue weighted by Crippen LogP contribution is -2.60. The number of carboxylic acid groups (broad SMARTS) is 1. The van der Waals surface area contributed by atoms with Crippen molar-refractivity contribution in [2.45, 2.75) is 169 Å². The van der Waals surface area contributed by atoms with Gasteiger partial charge in [-0.2, -0.15) is 0 Å². The maximum atomic E-state index is 13.0. The molecular formula is C54H78O10. The molecule has 1 fully saturated rings. The zero-order valence-electron chi connectivity index (χ0n) is 39.6. The van der Waals surface area contributed by atoms with E-state index in [1.165, 1.54) is 44.9 Å². The molecule has 5 atom stereocenters. The highest BCUT2D eigenvalue weighted by molar-refractivity contribution is 5.88. The van der Waals surface area contributed by atoms with Gasteiger partial charge < -0.3 is 34.6 Å². The predicted molar refractivity (Wildman–Crippen MR) is 259 cm³/mol. The molecule has 0 aromatic carbocycles. The summed E-state index contributed by atoms with van der Waals surface area (Å²) >= 11 is 0. The van der Waals surface area contributed by atoms with Crippen molar-refractivity contribution in [1.82, 2.24) is 0 Å². The summed E-state index contributed by atoms with van der Waals surface area (Å²) in [7, 11) is 0. The van der Waals surface area contributed by atoms with Crippen molar-refractivity contribution in [2.24, 2.45) is 0 Å². The third-order valence-electron chi connectivity index (χ3n) is 10.3. The molecule has 0 aliphatic carbocycles. The van der Waals surface area contributed by atoms with E-state index in [2.05, 4.69) is 19.1 Å². The molecule has 1 rings (SSSR count). The molecule has 0 spiro atoms. The quantitative estimate of drug-likeness (QED) is 0.0180. The number of carbonyl (C=O) groups excluding carboxylic acids is 2.